The lowest BCUT2D eigenvalue weighted by molar-refractivity contribution is 0.0772. The van der Waals surface area contributed by atoms with E-state index in [9.17, 15) is 4.79 Å². The standard InChI is InChI=1S/C18H24N4OS/c1-4-15-12-16(24-14(15)3)18(23)22-9-5-8-21(10-11-22)17-7-6-13(2)19-20-17/h6-7,12H,4-5,8-11H2,1-3H3. The Morgan fingerprint density at radius 2 is 2.00 bits per heavy atom. The molecule has 2 aromatic heterocycles. The number of aryl methyl sites for hydroxylation is 3. The summed E-state index contributed by atoms with van der Waals surface area (Å²) in [6.07, 6.45) is 1.93. The maximum Gasteiger partial charge on any atom is 0.263 e. The molecule has 1 aliphatic rings. The van der Waals surface area contributed by atoms with Crippen molar-refractivity contribution in [1.29, 1.82) is 0 Å². The number of amides is 1. The van der Waals surface area contributed by atoms with E-state index in [-0.39, 0.29) is 5.91 Å². The molecule has 0 bridgehead atoms. The van der Waals surface area contributed by atoms with Gasteiger partial charge in [-0.1, -0.05) is 6.92 Å². The Bertz CT molecular complexity index is 710. The van der Waals surface area contributed by atoms with Gasteiger partial charge in [-0.25, -0.2) is 0 Å². The fourth-order valence-electron chi connectivity index (χ4n) is 3.04. The van der Waals surface area contributed by atoms with E-state index in [1.807, 2.05) is 24.0 Å². The second-order valence-corrected chi connectivity index (χ2v) is 7.47. The van der Waals surface area contributed by atoms with Crippen molar-refractivity contribution in [3.63, 3.8) is 0 Å². The molecule has 1 amide bonds. The third kappa shape index (κ3) is 3.59. The van der Waals surface area contributed by atoms with Gasteiger partial charge in [-0.15, -0.1) is 16.4 Å². The first-order chi connectivity index (χ1) is 11.6. The second-order valence-electron chi connectivity index (χ2n) is 6.21. The molecule has 6 heteroatoms. The van der Waals surface area contributed by atoms with Crippen LogP contribution >= 0.6 is 11.3 Å². The molecular formula is C18H24N4OS. The number of thiophene rings is 1. The van der Waals surface area contributed by atoms with Crippen LogP contribution in [-0.2, 0) is 6.42 Å². The minimum Gasteiger partial charge on any atom is -0.353 e. The van der Waals surface area contributed by atoms with Gasteiger partial charge in [-0.3, -0.25) is 4.79 Å². The van der Waals surface area contributed by atoms with Gasteiger partial charge in [0.15, 0.2) is 5.82 Å². The number of hydrogen-bond acceptors (Lipinski definition) is 5. The molecule has 1 fully saturated rings. The van der Waals surface area contributed by atoms with Gasteiger partial charge in [0.25, 0.3) is 5.91 Å². The quantitative estimate of drug-likeness (QED) is 0.859. The van der Waals surface area contributed by atoms with Gasteiger partial charge in [0.1, 0.15) is 0 Å². The number of aromatic nitrogens is 2. The summed E-state index contributed by atoms with van der Waals surface area (Å²) < 4.78 is 0. The minimum atomic E-state index is 0.166. The number of rotatable bonds is 3. The Labute approximate surface area is 147 Å². The lowest BCUT2D eigenvalue weighted by Gasteiger charge is -2.22. The number of carbonyl (C=O) groups is 1. The second kappa shape index (κ2) is 7.30. The van der Waals surface area contributed by atoms with Crippen molar-refractivity contribution >= 4 is 23.1 Å². The number of carbonyl (C=O) groups excluding carboxylic acids is 1. The first-order valence-electron chi connectivity index (χ1n) is 8.52. The average Bonchev–Trinajstić information content (AvgIpc) is 2.81. The van der Waals surface area contributed by atoms with Crippen LogP contribution in [0.25, 0.3) is 0 Å². The number of hydrogen-bond donors (Lipinski definition) is 0. The maximum absolute atomic E-state index is 12.8. The van der Waals surface area contributed by atoms with Gasteiger partial charge in [0.2, 0.25) is 0 Å². The zero-order valence-electron chi connectivity index (χ0n) is 14.6. The molecule has 24 heavy (non-hydrogen) atoms. The molecule has 0 aromatic carbocycles. The smallest absolute Gasteiger partial charge is 0.263 e. The van der Waals surface area contributed by atoms with Crippen molar-refractivity contribution in [2.75, 3.05) is 31.1 Å². The lowest BCUT2D eigenvalue weighted by atomic mass is 10.2. The van der Waals surface area contributed by atoms with E-state index in [0.717, 1.165) is 55.4 Å². The Hall–Kier alpha value is -1.95. The van der Waals surface area contributed by atoms with E-state index >= 15 is 0 Å². The highest BCUT2D eigenvalue weighted by Crippen LogP contribution is 2.24. The molecule has 1 saturated heterocycles. The number of anilines is 1. The van der Waals surface area contributed by atoms with Crippen LogP contribution in [0.3, 0.4) is 0 Å². The van der Waals surface area contributed by atoms with Gasteiger partial charge in [0, 0.05) is 31.1 Å². The van der Waals surface area contributed by atoms with Crippen LogP contribution in [0.15, 0.2) is 18.2 Å². The Morgan fingerprint density at radius 3 is 2.67 bits per heavy atom. The van der Waals surface area contributed by atoms with Gasteiger partial charge >= 0.3 is 0 Å². The predicted octanol–water partition coefficient (Wildman–Crippen LogP) is 3.07. The van der Waals surface area contributed by atoms with E-state index in [1.165, 1.54) is 10.4 Å². The van der Waals surface area contributed by atoms with E-state index < -0.39 is 0 Å². The SMILES string of the molecule is CCc1cc(C(=O)N2CCCN(c3ccc(C)nn3)CC2)sc1C. The molecule has 0 unspecified atom stereocenters. The summed E-state index contributed by atoms with van der Waals surface area (Å²) in [4.78, 5) is 19.1. The van der Waals surface area contributed by atoms with E-state index in [2.05, 4.69) is 35.0 Å². The molecule has 5 nitrogen and oxygen atoms in total. The normalized spacial score (nSPS) is 15.5. The summed E-state index contributed by atoms with van der Waals surface area (Å²) in [5, 5.41) is 8.41. The lowest BCUT2D eigenvalue weighted by Crippen LogP contribution is -2.35. The summed E-state index contributed by atoms with van der Waals surface area (Å²) >= 11 is 1.62. The van der Waals surface area contributed by atoms with Crippen molar-refractivity contribution in [3.8, 4) is 0 Å². The van der Waals surface area contributed by atoms with Gasteiger partial charge < -0.3 is 9.80 Å². The first kappa shape index (κ1) is 16.9. The van der Waals surface area contributed by atoms with E-state index in [4.69, 9.17) is 0 Å². The fraction of sp³-hybridized carbons (Fsp3) is 0.500. The van der Waals surface area contributed by atoms with Crippen LogP contribution in [0.2, 0.25) is 0 Å². The van der Waals surface area contributed by atoms with Crippen molar-refractivity contribution < 1.29 is 4.79 Å². The van der Waals surface area contributed by atoms with Gasteiger partial charge in [-0.2, -0.15) is 5.10 Å². The Kier molecular flexibility index (Phi) is 5.14. The molecule has 1 aliphatic heterocycles. The summed E-state index contributed by atoms with van der Waals surface area (Å²) in [7, 11) is 0. The number of nitrogens with zero attached hydrogens (tertiary/aromatic N) is 4. The monoisotopic (exact) mass is 344 g/mol. The zero-order chi connectivity index (χ0) is 17.1. The topological polar surface area (TPSA) is 49.3 Å². The Morgan fingerprint density at radius 1 is 1.17 bits per heavy atom. The molecule has 0 saturated carbocycles. The largest absolute Gasteiger partial charge is 0.353 e. The molecule has 0 radical (unpaired) electrons. The van der Waals surface area contributed by atoms with Crippen molar-refractivity contribution in [3.05, 3.63) is 39.2 Å². The first-order valence-corrected chi connectivity index (χ1v) is 9.34. The van der Waals surface area contributed by atoms with Crippen molar-refractivity contribution in [1.82, 2.24) is 15.1 Å². The van der Waals surface area contributed by atoms with Crippen LogP contribution in [0.4, 0.5) is 5.82 Å². The molecule has 2 aromatic rings. The molecule has 128 valence electrons. The molecular weight excluding hydrogens is 320 g/mol. The van der Waals surface area contributed by atoms with Crippen LogP contribution in [-0.4, -0.2) is 47.2 Å². The van der Waals surface area contributed by atoms with Crippen molar-refractivity contribution in [2.45, 2.75) is 33.6 Å². The highest BCUT2D eigenvalue weighted by molar-refractivity contribution is 7.14. The predicted molar refractivity (Wildman–Crippen MR) is 97.9 cm³/mol. The van der Waals surface area contributed by atoms with Crippen LogP contribution < -0.4 is 4.90 Å². The van der Waals surface area contributed by atoms with Crippen molar-refractivity contribution in [2.24, 2.45) is 0 Å². The molecule has 0 spiro atoms. The average molecular weight is 344 g/mol. The highest BCUT2D eigenvalue weighted by atomic mass is 32.1. The van der Waals surface area contributed by atoms with E-state index in [0.29, 0.717) is 0 Å². The minimum absolute atomic E-state index is 0.166. The molecule has 0 N–H and O–H groups in total. The third-order valence-corrected chi connectivity index (χ3v) is 5.58. The summed E-state index contributed by atoms with van der Waals surface area (Å²) in [5.74, 6) is 1.06. The summed E-state index contributed by atoms with van der Waals surface area (Å²) in [6.45, 7) is 9.41. The molecule has 0 atom stereocenters. The summed E-state index contributed by atoms with van der Waals surface area (Å²) in [6, 6.07) is 6.06. The fourth-order valence-corrected chi connectivity index (χ4v) is 4.12. The van der Waals surface area contributed by atoms with Gasteiger partial charge in [-0.05, 0) is 50.5 Å². The van der Waals surface area contributed by atoms with Crippen LogP contribution in [0.1, 0.15) is 39.2 Å². The molecule has 3 rings (SSSR count). The zero-order valence-corrected chi connectivity index (χ0v) is 15.4. The van der Waals surface area contributed by atoms with Crippen LogP contribution in [0, 0.1) is 13.8 Å². The van der Waals surface area contributed by atoms with Crippen LogP contribution in [0.5, 0.6) is 0 Å². The van der Waals surface area contributed by atoms with Gasteiger partial charge in [0.05, 0.1) is 10.6 Å². The third-order valence-electron chi connectivity index (χ3n) is 4.50. The maximum atomic E-state index is 12.8. The molecule has 3 heterocycles. The Balaban J connectivity index is 1.68. The van der Waals surface area contributed by atoms with E-state index in [1.54, 1.807) is 11.3 Å². The summed E-state index contributed by atoms with van der Waals surface area (Å²) in [5.41, 5.74) is 2.21. The molecule has 0 aliphatic carbocycles. The highest BCUT2D eigenvalue weighted by Gasteiger charge is 2.22.